The fraction of sp³-hybridized carbons (Fsp3) is 0.385. The third kappa shape index (κ3) is 3.43. The van der Waals surface area contributed by atoms with E-state index in [0.717, 1.165) is 6.42 Å². The number of hydrogen-bond donors (Lipinski definition) is 1. The van der Waals surface area contributed by atoms with Gasteiger partial charge in [0, 0.05) is 18.1 Å². The highest BCUT2D eigenvalue weighted by Crippen LogP contribution is 2.36. The number of alkyl halides is 1. The molecule has 1 atom stereocenters. The fourth-order valence-corrected chi connectivity index (χ4v) is 2.56. The molecule has 20 heavy (non-hydrogen) atoms. The molecule has 1 unspecified atom stereocenters. The van der Waals surface area contributed by atoms with Gasteiger partial charge in [-0.05, 0) is 6.07 Å². The van der Waals surface area contributed by atoms with Crippen LogP contribution in [0.25, 0.3) is 0 Å². The SMILES string of the molecule is O=C(O)CC(Br)C(=O)c1cc2c(cc1Cl)OCCCO2. The molecule has 2 rings (SSSR count). The summed E-state index contributed by atoms with van der Waals surface area (Å²) in [6, 6.07) is 3.03. The number of halogens is 2. The van der Waals surface area contributed by atoms with E-state index in [9.17, 15) is 9.59 Å². The Morgan fingerprint density at radius 1 is 1.30 bits per heavy atom. The number of Topliss-reactive ketones (excluding diaryl/α,β-unsaturated/α-hetero) is 1. The summed E-state index contributed by atoms with van der Waals surface area (Å²) in [5.41, 5.74) is 0.221. The summed E-state index contributed by atoms with van der Waals surface area (Å²) in [5, 5.41) is 8.94. The van der Waals surface area contributed by atoms with E-state index in [1.54, 1.807) is 0 Å². The van der Waals surface area contributed by atoms with Gasteiger partial charge in [0.25, 0.3) is 0 Å². The van der Waals surface area contributed by atoms with Gasteiger partial charge in [-0.15, -0.1) is 0 Å². The van der Waals surface area contributed by atoms with Gasteiger partial charge in [0.2, 0.25) is 0 Å². The lowest BCUT2D eigenvalue weighted by Crippen LogP contribution is -2.18. The zero-order valence-corrected chi connectivity index (χ0v) is 12.7. The number of ketones is 1. The van der Waals surface area contributed by atoms with E-state index in [0.29, 0.717) is 24.7 Å². The van der Waals surface area contributed by atoms with Gasteiger partial charge in [-0.2, -0.15) is 0 Å². The average molecular weight is 364 g/mol. The van der Waals surface area contributed by atoms with E-state index in [4.69, 9.17) is 26.2 Å². The van der Waals surface area contributed by atoms with Gasteiger partial charge >= 0.3 is 5.97 Å². The molecule has 0 aliphatic carbocycles. The standard InChI is InChI=1S/C13H12BrClO5/c14-8(5-12(16)17)13(18)7-4-10-11(6-9(7)15)20-3-1-2-19-10/h4,6,8H,1-3,5H2,(H,16,17). The van der Waals surface area contributed by atoms with E-state index in [1.807, 2.05) is 0 Å². The van der Waals surface area contributed by atoms with Crippen LogP contribution in [0.5, 0.6) is 11.5 Å². The number of ether oxygens (including phenoxy) is 2. The molecule has 1 aromatic rings. The highest BCUT2D eigenvalue weighted by atomic mass is 79.9. The van der Waals surface area contributed by atoms with Crippen molar-refractivity contribution in [1.29, 1.82) is 0 Å². The molecule has 108 valence electrons. The number of carbonyl (C=O) groups excluding carboxylic acids is 1. The summed E-state index contributed by atoms with van der Waals surface area (Å²) < 4.78 is 11.0. The van der Waals surface area contributed by atoms with Gasteiger partial charge in [0.1, 0.15) is 0 Å². The first-order valence-electron chi connectivity index (χ1n) is 5.98. The summed E-state index contributed by atoms with van der Waals surface area (Å²) in [5.74, 6) is -0.516. The summed E-state index contributed by atoms with van der Waals surface area (Å²) >= 11 is 9.13. The molecule has 1 N–H and O–H groups in total. The number of carboxylic acid groups (broad SMARTS) is 1. The van der Waals surface area contributed by atoms with Crippen LogP contribution in [0.3, 0.4) is 0 Å². The van der Waals surface area contributed by atoms with Crippen molar-refractivity contribution in [2.75, 3.05) is 13.2 Å². The van der Waals surface area contributed by atoms with E-state index >= 15 is 0 Å². The Bertz CT molecular complexity index is 546. The van der Waals surface area contributed by atoms with E-state index in [-0.39, 0.29) is 17.0 Å². The Morgan fingerprint density at radius 3 is 2.50 bits per heavy atom. The van der Waals surface area contributed by atoms with Crippen molar-refractivity contribution in [3.05, 3.63) is 22.7 Å². The normalized spacial score (nSPS) is 15.3. The molecule has 1 aromatic carbocycles. The van der Waals surface area contributed by atoms with Crippen molar-refractivity contribution >= 4 is 39.3 Å². The number of aliphatic carboxylic acids is 1. The Balaban J connectivity index is 2.30. The minimum Gasteiger partial charge on any atom is -0.490 e. The lowest BCUT2D eigenvalue weighted by Gasteiger charge is -2.12. The number of rotatable bonds is 4. The van der Waals surface area contributed by atoms with Crippen LogP contribution < -0.4 is 9.47 Å². The summed E-state index contributed by atoms with van der Waals surface area (Å²) in [6.07, 6.45) is 0.430. The molecule has 1 aliphatic rings. The van der Waals surface area contributed by atoms with Gasteiger partial charge in [0.05, 0.1) is 29.5 Å². The molecule has 0 fully saturated rings. The average Bonchev–Trinajstić information content (AvgIpc) is 2.60. The van der Waals surface area contributed by atoms with Crippen LogP contribution in [0, 0.1) is 0 Å². The Hall–Kier alpha value is -1.27. The summed E-state index contributed by atoms with van der Waals surface area (Å²) in [6.45, 7) is 1.02. The largest absolute Gasteiger partial charge is 0.490 e. The Kier molecular flexibility index (Phi) is 4.88. The smallest absolute Gasteiger partial charge is 0.304 e. The van der Waals surface area contributed by atoms with Crippen LogP contribution in [0.2, 0.25) is 5.02 Å². The van der Waals surface area contributed by atoms with Crippen LogP contribution >= 0.6 is 27.5 Å². The van der Waals surface area contributed by atoms with Gasteiger partial charge in [-0.3, -0.25) is 9.59 Å². The number of fused-ring (bicyclic) bond motifs is 1. The van der Waals surface area contributed by atoms with Gasteiger partial charge in [-0.1, -0.05) is 27.5 Å². The third-order valence-corrected chi connectivity index (χ3v) is 3.79. The van der Waals surface area contributed by atoms with Crippen molar-refractivity contribution in [2.45, 2.75) is 17.7 Å². The summed E-state index contributed by atoms with van der Waals surface area (Å²) in [7, 11) is 0. The molecule has 0 saturated carbocycles. The topological polar surface area (TPSA) is 72.8 Å². The van der Waals surface area contributed by atoms with E-state index in [2.05, 4.69) is 15.9 Å². The highest BCUT2D eigenvalue weighted by molar-refractivity contribution is 9.10. The lowest BCUT2D eigenvalue weighted by molar-refractivity contribution is -0.136. The predicted octanol–water partition coefficient (Wildman–Crippen LogP) is 2.92. The van der Waals surface area contributed by atoms with E-state index < -0.39 is 16.6 Å². The maximum absolute atomic E-state index is 12.2. The van der Waals surface area contributed by atoms with Crippen LogP contribution in [0.4, 0.5) is 0 Å². The number of carboxylic acids is 1. The molecule has 1 aliphatic heterocycles. The molecule has 0 saturated heterocycles. The molecular weight excluding hydrogens is 351 g/mol. The predicted molar refractivity (Wildman–Crippen MR) is 76.4 cm³/mol. The van der Waals surface area contributed by atoms with Crippen molar-refractivity contribution < 1.29 is 24.2 Å². The second kappa shape index (κ2) is 6.45. The number of carbonyl (C=O) groups is 2. The van der Waals surface area contributed by atoms with Gasteiger partial charge in [0.15, 0.2) is 17.3 Å². The fourth-order valence-electron chi connectivity index (χ4n) is 1.79. The highest BCUT2D eigenvalue weighted by Gasteiger charge is 2.24. The van der Waals surface area contributed by atoms with Crippen molar-refractivity contribution in [3.63, 3.8) is 0 Å². The number of hydrogen-bond acceptors (Lipinski definition) is 4. The van der Waals surface area contributed by atoms with Crippen LogP contribution in [-0.4, -0.2) is 34.9 Å². The quantitative estimate of drug-likeness (QED) is 0.658. The molecule has 0 aromatic heterocycles. The molecule has 0 spiro atoms. The van der Waals surface area contributed by atoms with Gasteiger partial charge < -0.3 is 14.6 Å². The van der Waals surface area contributed by atoms with Crippen molar-refractivity contribution in [3.8, 4) is 11.5 Å². The minimum atomic E-state index is -1.06. The molecule has 5 nitrogen and oxygen atoms in total. The zero-order chi connectivity index (χ0) is 14.7. The first-order chi connectivity index (χ1) is 9.49. The van der Waals surface area contributed by atoms with Gasteiger partial charge in [-0.25, -0.2) is 0 Å². The molecule has 0 amide bonds. The van der Waals surface area contributed by atoms with Crippen molar-refractivity contribution in [2.24, 2.45) is 0 Å². The molecule has 1 heterocycles. The molecular formula is C13H12BrClO5. The first-order valence-corrected chi connectivity index (χ1v) is 7.27. The molecule has 0 bridgehead atoms. The van der Waals surface area contributed by atoms with E-state index in [1.165, 1.54) is 12.1 Å². The first kappa shape index (κ1) is 15.1. The van der Waals surface area contributed by atoms with Crippen LogP contribution in [0.1, 0.15) is 23.2 Å². The molecule has 7 heteroatoms. The van der Waals surface area contributed by atoms with Crippen LogP contribution in [0.15, 0.2) is 12.1 Å². The Morgan fingerprint density at radius 2 is 1.90 bits per heavy atom. The third-order valence-electron chi connectivity index (χ3n) is 2.74. The lowest BCUT2D eigenvalue weighted by atomic mass is 10.1. The minimum absolute atomic E-state index is 0.217. The maximum Gasteiger partial charge on any atom is 0.304 e. The van der Waals surface area contributed by atoms with Crippen molar-refractivity contribution in [1.82, 2.24) is 0 Å². The second-order valence-electron chi connectivity index (χ2n) is 4.26. The molecule has 0 radical (unpaired) electrons. The monoisotopic (exact) mass is 362 g/mol. The van der Waals surface area contributed by atoms with Crippen LogP contribution in [-0.2, 0) is 4.79 Å². The maximum atomic E-state index is 12.2. The second-order valence-corrected chi connectivity index (χ2v) is 5.77. The zero-order valence-electron chi connectivity index (χ0n) is 10.4. The number of benzene rings is 1. The Labute approximate surface area is 128 Å². The summed E-state index contributed by atoms with van der Waals surface area (Å²) in [4.78, 5) is 22.0.